The minimum atomic E-state index is 0.0945. The Hall–Kier alpha value is -1.62. The third kappa shape index (κ3) is 4.72. The summed E-state index contributed by atoms with van der Waals surface area (Å²) in [5.41, 5.74) is 1.09. The van der Waals surface area contributed by atoms with Gasteiger partial charge in [0.15, 0.2) is 0 Å². The highest BCUT2D eigenvalue weighted by atomic mass is 35.5. The molecule has 0 radical (unpaired) electrons. The van der Waals surface area contributed by atoms with E-state index in [1.165, 1.54) is 4.88 Å². The first kappa shape index (κ1) is 18.2. The van der Waals surface area contributed by atoms with Gasteiger partial charge in [-0.05, 0) is 55.1 Å². The molecular weight excluding hydrogens is 370 g/mol. The number of hydrogen-bond acceptors (Lipinski definition) is 3. The maximum atomic E-state index is 13.1. The molecule has 0 aliphatic heterocycles. The number of rotatable bonds is 6. The number of halogens is 1. The van der Waals surface area contributed by atoms with Crippen LogP contribution in [0.15, 0.2) is 53.9 Å². The number of carbonyl (C=O) groups excluding carboxylic acids is 1. The fraction of sp³-hybridized carbons (Fsp3) is 0.250. The van der Waals surface area contributed by atoms with E-state index >= 15 is 0 Å². The van der Waals surface area contributed by atoms with Gasteiger partial charge < -0.3 is 4.90 Å². The van der Waals surface area contributed by atoms with E-state index in [9.17, 15) is 4.79 Å². The van der Waals surface area contributed by atoms with Crippen molar-refractivity contribution in [2.45, 2.75) is 32.9 Å². The first-order valence-electron chi connectivity index (χ1n) is 8.17. The van der Waals surface area contributed by atoms with Crippen LogP contribution < -0.4 is 0 Å². The molecule has 2 heterocycles. The lowest BCUT2D eigenvalue weighted by Crippen LogP contribution is -2.39. The van der Waals surface area contributed by atoms with Crippen LogP contribution in [0.5, 0.6) is 0 Å². The van der Waals surface area contributed by atoms with Crippen LogP contribution in [0.1, 0.15) is 31.9 Å². The summed E-state index contributed by atoms with van der Waals surface area (Å²) in [5.74, 6) is 0.0945. The maximum absolute atomic E-state index is 13.1. The predicted octanol–water partition coefficient (Wildman–Crippen LogP) is 6.05. The summed E-state index contributed by atoms with van der Waals surface area (Å²) in [6.45, 7) is 4.73. The van der Waals surface area contributed by atoms with Crippen molar-refractivity contribution >= 4 is 40.2 Å². The van der Waals surface area contributed by atoms with Crippen molar-refractivity contribution in [3.05, 3.63) is 79.1 Å². The van der Waals surface area contributed by atoms with Crippen molar-refractivity contribution in [2.75, 3.05) is 0 Å². The van der Waals surface area contributed by atoms with Crippen LogP contribution in [0, 0.1) is 6.92 Å². The molecule has 0 fully saturated rings. The summed E-state index contributed by atoms with van der Waals surface area (Å²) in [6, 6.07) is 15.9. The number of nitrogens with zero attached hydrogens (tertiary/aromatic N) is 1. The molecule has 0 aliphatic rings. The summed E-state index contributed by atoms with van der Waals surface area (Å²) in [5, 5.41) is 2.79. The van der Waals surface area contributed by atoms with Crippen LogP contribution in [0.25, 0.3) is 0 Å². The van der Waals surface area contributed by atoms with Crippen molar-refractivity contribution in [3.63, 3.8) is 0 Å². The molecule has 1 aromatic carbocycles. The Morgan fingerprint density at radius 2 is 1.92 bits per heavy atom. The molecule has 0 N–H and O–H groups in total. The van der Waals surface area contributed by atoms with Crippen LogP contribution in [-0.4, -0.2) is 16.8 Å². The molecule has 0 bridgehead atoms. The minimum absolute atomic E-state index is 0.0945. The molecule has 5 heteroatoms. The van der Waals surface area contributed by atoms with E-state index in [1.54, 1.807) is 22.7 Å². The van der Waals surface area contributed by atoms with Gasteiger partial charge in [0.25, 0.3) is 5.91 Å². The van der Waals surface area contributed by atoms with E-state index < -0.39 is 0 Å². The van der Waals surface area contributed by atoms with E-state index in [0.29, 0.717) is 11.6 Å². The van der Waals surface area contributed by atoms with Crippen LogP contribution in [-0.2, 0) is 13.0 Å². The number of aryl methyl sites for hydroxylation is 1. The van der Waals surface area contributed by atoms with Crippen LogP contribution >= 0.6 is 34.3 Å². The predicted molar refractivity (Wildman–Crippen MR) is 108 cm³/mol. The molecular formula is C20H20ClNOS2. The van der Waals surface area contributed by atoms with Crippen LogP contribution in [0.2, 0.25) is 5.02 Å². The first-order chi connectivity index (χ1) is 12.0. The van der Waals surface area contributed by atoms with Gasteiger partial charge in [-0.2, -0.15) is 0 Å². The standard InChI is InChI=1S/C20H20ClNOS2/c1-14(12-18-4-3-11-24-18)22(13-16-6-8-17(21)9-7-16)20(23)19-10-5-15(2)25-19/h3-11,14H,12-13H2,1-2H3/t14-/m0/s1. The van der Waals surface area contributed by atoms with Crippen molar-refractivity contribution in [1.29, 1.82) is 0 Å². The van der Waals surface area contributed by atoms with Crippen molar-refractivity contribution in [3.8, 4) is 0 Å². The molecule has 0 saturated heterocycles. The zero-order chi connectivity index (χ0) is 17.8. The highest BCUT2D eigenvalue weighted by molar-refractivity contribution is 7.13. The lowest BCUT2D eigenvalue weighted by molar-refractivity contribution is 0.0681. The molecule has 3 aromatic rings. The third-order valence-corrected chi connectivity index (χ3v) is 6.23. The largest absolute Gasteiger partial charge is 0.331 e. The second-order valence-electron chi connectivity index (χ2n) is 6.10. The maximum Gasteiger partial charge on any atom is 0.264 e. The van der Waals surface area contributed by atoms with E-state index in [-0.39, 0.29) is 11.9 Å². The number of thiophene rings is 2. The Bertz CT molecular complexity index is 824. The summed E-state index contributed by atoms with van der Waals surface area (Å²) in [7, 11) is 0. The quantitative estimate of drug-likeness (QED) is 0.502. The summed E-state index contributed by atoms with van der Waals surface area (Å²) >= 11 is 9.28. The fourth-order valence-electron chi connectivity index (χ4n) is 2.74. The lowest BCUT2D eigenvalue weighted by atomic mass is 10.1. The molecule has 3 rings (SSSR count). The minimum Gasteiger partial charge on any atom is -0.331 e. The van der Waals surface area contributed by atoms with Gasteiger partial charge in [-0.1, -0.05) is 29.8 Å². The normalized spacial score (nSPS) is 12.1. The second kappa shape index (κ2) is 8.17. The van der Waals surface area contributed by atoms with E-state index in [0.717, 1.165) is 21.7 Å². The number of benzene rings is 1. The smallest absolute Gasteiger partial charge is 0.264 e. The van der Waals surface area contributed by atoms with Gasteiger partial charge in [-0.15, -0.1) is 22.7 Å². The first-order valence-corrected chi connectivity index (χ1v) is 10.2. The molecule has 0 saturated carbocycles. The Labute approximate surface area is 161 Å². The molecule has 2 nitrogen and oxygen atoms in total. The highest BCUT2D eigenvalue weighted by Gasteiger charge is 2.23. The van der Waals surface area contributed by atoms with Gasteiger partial charge in [0.05, 0.1) is 4.88 Å². The second-order valence-corrected chi connectivity index (χ2v) is 8.86. The zero-order valence-electron chi connectivity index (χ0n) is 14.2. The Morgan fingerprint density at radius 1 is 1.16 bits per heavy atom. The van der Waals surface area contributed by atoms with E-state index in [1.807, 2.05) is 48.2 Å². The molecule has 0 aliphatic carbocycles. The Kier molecular flexibility index (Phi) is 5.94. The summed E-state index contributed by atoms with van der Waals surface area (Å²) in [6.07, 6.45) is 0.862. The van der Waals surface area contributed by atoms with Gasteiger partial charge in [-0.3, -0.25) is 4.79 Å². The molecule has 25 heavy (non-hydrogen) atoms. The van der Waals surface area contributed by atoms with E-state index in [4.69, 9.17) is 11.6 Å². The molecule has 130 valence electrons. The van der Waals surface area contributed by atoms with Crippen molar-refractivity contribution < 1.29 is 4.79 Å². The molecule has 0 spiro atoms. The Balaban J connectivity index is 1.84. The number of hydrogen-bond donors (Lipinski definition) is 0. The third-order valence-electron chi connectivity index (χ3n) is 4.09. The van der Waals surface area contributed by atoms with Crippen molar-refractivity contribution in [2.24, 2.45) is 0 Å². The molecule has 1 atom stereocenters. The fourth-order valence-corrected chi connectivity index (χ4v) is 4.51. The van der Waals surface area contributed by atoms with Gasteiger partial charge in [-0.25, -0.2) is 0 Å². The Morgan fingerprint density at radius 3 is 2.52 bits per heavy atom. The van der Waals surface area contributed by atoms with Gasteiger partial charge in [0.1, 0.15) is 0 Å². The highest BCUT2D eigenvalue weighted by Crippen LogP contribution is 2.23. The SMILES string of the molecule is Cc1ccc(C(=O)N(Cc2ccc(Cl)cc2)[C@@H](C)Cc2cccs2)s1. The van der Waals surface area contributed by atoms with Crippen LogP contribution in [0.4, 0.5) is 0 Å². The topological polar surface area (TPSA) is 20.3 Å². The average molecular weight is 390 g/mol. The molecule has 1 amide bonds. The number of carbonyl (C=O) groups is 1. The zero-order valence-corrected chi connectivity index (χ0v) is 16.6. The molecule has 2 aromatic heterocycles. The van der Waals surface area contributed by atoms with Crippen LogP contribution in [0.3, 0.4) is 0 Å². The van der Waals surface area contributed by atoms with Gasteiger partial charge in [0, 0.05) is 33.8 Å². The van der Waals surface area contributed by atoms with Gasteiger partial charge in [0.2, 0.25) is 0 Å². The van der Waals surface area contributed by atoms with Crippen molar-refractivity contribution in [1.82, 2.24) is 4.90 Å². The monoisotopic (exact) mass is 389 g/mol. The van der Waals surface area contributed by atoms with Gasteiger partial charge >= 0.3 is 0 Å². The lowest BCUT2D eigenvalue weighted by Gasteiger charge is -2.29. The molecule has 0 unspecified atom stereocenters. The summed E-state index contributed by atoms with van der Waals surface area (Å²) < 4.78 is 0. The van der Waals surface area contributed by atoms with E-state index in [2.05, 4.69) is 24.4 Å². The average Bonchev–Trinajstić information content (AvgIpc) is 3.25. The number of amides is 1. The summed E-state index contributed by atoms with van der Waals surface area (Å²) in [4.78, 5) is 18.3.